The van der Waals surface area contributed by atoms with Gasteiger partial charge in [-0.2, -0.15) is 0 Å². The van der Waals surface area contributed by atoms with Crippen LogP contribution in [0.15, 0.2) is 0 Å². The Balaban J connectivity index is 1.40. The molecule has 0 aromatic heterocycles. The van der Waals surface area contributed by atoms with E-state index in [2.05, 4.69) is 5.32 Å². The molecule has 0 saturated heterocycles. The Morgan fingerprint density at radius 1 is 0.900 bits per heavy atom. The Hall–Kier alpha value is -1.06. The van der Waals surface area contributed by atoms with Crippen LogP contribution in [0.1, 0.15) is 44.9 Å². The summed E-state index contributed by atoms with van der Waals surface area (Å²) >= 11 is 0. The lowest BCUT2D eigenvalue weighted by molar-refractivity contribution is -0.149. The van der Waals surface area contributed by atoms with Gasteiger partial charge in [-0.1, -0.05) is 12.8 Å². The average Bonchev–Trinajstić information content (AvgIpc) is 2.84. The summed E-state index contributed by atoms with van der Waals surface area (Å²) in [5.74, 6) is 1.62. The van der Waals surface area contributed by atoms with Crippen molar-refractivity contribution in [3.05, 3.63) is 0 Å². The first kappa shape index (κ1) is 12.7. The average molecular weight is 277 g/mol. The van der Waals surface area contributed by atoms with Crippen molar-refractivity contribution in [3.63, 3.8) is 0 Å². The van der Waals surface area contributed by atoms with Gasteiger partial charge < -0.3 is 10.4 Å². The second-order valence-electron chi connectivity index (χ2n) is 7.36. The van der Waals surface area contributed by atoms with E-state index in [4.69, 9.17) is 0 Å². The van der Waals surface area contributed by atoms with Crippen molar-refractivity contribution in [2.75, 3.05) is 0 Å². The molecule has 4 aliphatic rings. The summed E-state index contributed by atoms with van der Waals surface area (Å²) in [7, 11) is 0. The fourth-order valence-electron chi connectivity index (χ4n) is 5.53. The third kappa shape index (κ3) is 1.80. The maximum atomic E-state index is 12.5. The number of hydrogen-bond donors (Lipinski definition) is 2. The number of carboxylic acid groups (broad SMARTS) is 1. The van der Waals surface area contributed by atoms with Gasteiger partial charge in [0.05, 0.1) is 11.8 Å². The minimum Gasteiger partial charge on any atom is -0.481 e. The number of hydrogen-bond acceptors (Lipinski definition) is 2. The van der Waals surface area contributed by atoms with Crippen LogP contribution in [0.25, 0.3) is 0 Å². The normalized spacial score (nSPS) is 48.7. The number of rotatable bonds is 3. The summed E-state index contributed by atoms with van der Waals surface area (Å²) in [4.78, 5) is 23.8. The molecule has 0 aliphatic heterocycles. The third-order valence-corrected chi connectivity index (χ3v) is 6.46. The molecular weight excluding hydrogens is 254 g/mol. The summed E-state index contributed by atoms with van der Waals surface area (Å²) in [6.45, 7) is 0. The van der Waals surface area contributed by atoms with Gasteiger partial charge in [0, 0.05) is 6.04 Å². The van der Waals surface area contributed by atoms with E-state index in [0.717, 1.165) is 42.9 Å². The van der Waals surface area contributed by atoms with Gasteiger partial charge in [-0.3, -0.25) is 9.59 Å². The van der Waals surface area contributed by atoms with Crippen LogP contribution in [0.2, 0.25) is 0 Å². The Kier molecular flexibility index (Phi) is 2.83. The number of carboxylic acids is 1. The third-order valence-electron chi connectivity index (χ3n) is 6.46. The molecule has 0 aromatic rings. The van der Waals surface area contributed by atoms with Crippen LogP contribution < -0.4 is 5.32 Å². The van der Waals surface area contributed by atoms with Crippen LogP contribution >= 0.6 is 0 Å². The van der Waals surface area contributed by atoms with Crippen LogP contribution in [-0.4, -0.2) is 23.0 Å². The highest BCUT2D eigenvalue weighted by atomic mass is 16.4. The van der Waals surface area contributed by atoms with Gasteiger partial charge >= 0.3 is 5.97 Å². The summed E-state index contributed by atoms with van der Waals surface area (Å²) < 4.78 is 0. The quantitative estimate of drug-likeness (QED) is 0.829. The molecule has 6 atom stereocenters. The van der Waals surface area contributed by atoms with Crippen molar-refractivity contribution in [1.29, 1.82) is 0 Å². The fourth-order valence-corrected chi connectivity index (χ4v) is 5.53. The molecule has 1 amide bonds. The first-order valence-electron chi connectivity index (χ1n) is 8.20. The number of nitrogens with one attached hydrogen (secondary N) is 1. The molecule has 0 spiro atoms. The first-order valence-corrected chi connectivity index (χ1v) is 8.20. The highest BCUT2D eigenvalue weighted by Gasteiger charge is 2.65. The zero-order chi connectivity index (χ0) is 13.9. The van der Waals surface area contributed by atoms with E-state index in [1.165, 1.54) is 19.3 Å². The number of carbonyl (C=O) groups is 2. The van der Waals surface area contributed by atoms with Gasteiger partial charge in [0.15, 0.2) is 0 Å². The fraction of sp³-hybridized carbons (Fsp3) is 0.875. The second kappa shape index (κ2) is 4.47. The van der Waals surface area contributed by atoms with Crippen molar-refractivity contribution in [2.45, 2.75) is 51.0 Å². The lowest BCUT2D eigenvalue weighted by Crippen LogP contribution is -2.41. The van der Waals surface area contributed by atoms with Gasteiger partial charge in [0.2, 0.25) is 5.91 Å². The molecule has 0 aromatic carbocycles. The van der Waals surface area contributed by atoms with E-state index < -0.39 is 11.9 Å². The molecule has 4 heteroatoms. The number of aliphatic carboxylic acids is 1. The molecule has 110 valence electrons. The maximum Gasteiger partial charge on any atom is 0.307 e. The SMILES string of the molecule is O=C(O)[C@H]1CCCC[C@H]1C(=O)NC1C2C3CCC(C3)C12. The highest BCUT2D eigenvalue weighted by Crippen LogP contribution is 2.65. The highest BCUT2D eigenvalue weighted by molar-refractivity contribution is 5.85. The van der Waals surface area contributed by atoms with Gasteiger partial charge in [-0.05, 0) is 55.8 Å². The van der Waals surface area contributed by atoms with Crippen molar-refractivity contribution in [3.8, 4) is 0 Å². The smallest absolute Gasteiger partial charge is 0.307 e. The molecule has 4 saturated carbocycles. The lowest BCUT2D eigenvalue weighted by atomic mass is 9.78. The van der Waals surface area contributed by atoms with Gasteiger partial charge in [0.25, 0.3) is 0 Å². The largest absolute Gasteiger partial charge is 0.481 e. The number of amides is 1. The van der Waals surface area contributed by atoms with E-state index in [1.54, 1.807) is 0 Å². The summed E-state index contributed by atoms with van der Waals surface area (Å²) in [6, 6.07) is 0.380. The minimum atomic E-state index is -0.791. The molecule has 4 aliphatic carbocycles. The predicted molar refractivity (Wildman–Crippen MR) is 72.8 cm³/mol. The zero-order valence-corrected chi connectivity index (χ0v) is 11.8. The zero-order valence-electron chi connectivity index (χ0n) is 11.8. The molecule has 2 N–H and O–H groups in total. The maximum absolute atomic E-state index is 12.5. The predicted octanol–water partition coefficient (Wildman–Crippen LogP) is 2.04. The molecule has 0 radical (unpaired) electrons. The minimum absolute atomic E-state index is 0.0240. The Bertz CT molecular complexity index is 433. The van der Waals surface area contributed by atoms with Crippen molar-refractivity contribution in [1.82, 2.24) is 5.32 Å². The molecule has 4 fully saturated rings. The van der Waals surface area contributed by atoms with Crippen LogP contribution in [0.4, 0.5) is 0 Å². The topological polar surface area (TPSA) is 66.4 Å². The van der Waals surface area contributed by atoms with E-state index in [-0.39, 0.29) is 11.8 Å². The lowest BCUT2D eigenvalue weighted by Gasteiger charge is -2.28. The van der Waals surface area contributed by atoms with Crippen molar-refractivity contribution in [2.24, 2.45) is 35.5 Å². The Labute approximate surface area is 119 Å². The molecule has 4 unspecified atom stereocenters. The van der Waals surface area contributed by atoms with Crippen LogP contribution in [0.5, 0.6) is 0 Å². The van der Waals surface area contributed by atoms with E-state index >= 15 is 0 Å². The van der Waals surface area contributed by atoms with Crippen LogP contribution in [-0.2, 0) is 9.59 Å². The van der Waals surface area contributed by atoms with Crippen molar-refractivity contribution >= 4 is 11.9 Å². The van der Waals surface area contributed by atoms with Gasteiger partial charge in [0.1, 0.15) is 0 Å². The van der Waals surface area contributed by atoms with Crippen LogP contribution in [0, 0.1) is 35.5 Å². The van der Waals surface area contributed by atoms with Crippen molar-refractivity contribution < 1.29 is 14.7 Å². The standard InChI is InChI=1S/C16H23NO3/c18-15(10-3-1-2-4-11(10)16(19)20)17-14-12-8-5-6-9(7-8)13(12)14/h8-14H,1-7H2,(H,17,18)(H,19,20)/t8?,9?,10-,11+,12?,13?,14?/m1/s1. The molecule has 4 nitrogen and oxygen atoms in total. The van der Waals surface area contributed by atoms with Gasteiger partial charge in [-0.15, -0.1) is 0 Å². The Morgan fingerprint density at radius 3 is 2.10 bits per heavy atom. The van der Waals surface area contributed by atoms with E-state index in [9.17, 15) is 14.7 Å². The molecule has 0 heterocycles. The summed E-state index contributed by atoms with van der Waals surface area (Å²) in [5, 5.41) is 12.5. The van der Waals surface area contributed by atoms with Gasteiger partial charge in [-0.25, -0.2) is 0 Å². The second-order valence-corrected chi connectivity index (χ2v) is 7.36. The molecular formula is C16H23NO3. The first-order chi connectivity index (χ1) is 9.66. The van der Waals surface area contributed by atoms with Crippen LogP contribution in [0.3, 0.4) is 0 Å². The summed E-state index contributed by atoms with van der Waals surface area (Å²) in [5.41, 5.74) is 0. The van der Waals surface area contributed by atoms with E-state index in [0.29, 0.717) is 12.5 Å². The molecule has 20 heavy (non-hydrogen) atoms. The number of fused-ring (bicyclic) bond motifs is 5. The van der Waals surface area contributed by atoms with E-state index in [1.807, 2.05) is 0 Å². The number of carbonyl (C=O) groups excluding carboxylic acids is 1. The summed E-state index contributed by atoms with van der Waals surface area (Å²) in [6.07, 6.45) is 7.42. The molecule has 4 rings (SSSR count). The Morgan fingerprint density at radius 2 is 1.50 bits per heavy atom. The molecule has 2 bridgehead atoms. The monoisotopic (exact) mass is 277 g/mol.